The second-order valence-electron chi connectivity index (χ2n) is 12.7. The lowest BCUT2D eigenvalue weighted by Gasteiger charge is -2.42. The highest BCUT2D eigenvalue weighted by Gasteiger charge is 2.49. The number of fused-ring (bicyclic) bond motifs is 2. The predicted molar refractivity (Wildman–Crippen MR) is 175 cm³/mol. The van der Waals surface area contributed by atoms with Crippen LogP contribution in [0.15, 0.2) is 36.1 Å². The Morgan fingerprint density at radius 3 is 2.49 bits per heavy atom. The van der Waals surface area contributed by atoms with Crippen molar-refractivity contribution in [1.29, 1.82) is 0 Å². The highest BCUT2D eigenvalue weighted by molar-refractivity contribution is 6.20. The molecule has 1 amide bonds. The average Bonchev–Trinajstić information content (AvgIpc) is 3.07. The molecule has 51 heavy (non-hydrogen) atoms. The van der Waals surface area contributed by atoms with Gasteiger partial charge < -0.3 is 55.2 Å². The highest BCUT2D eigenvalue weighted by Crippen LogP contribution is 2.51. The Balaban J connectivity index is 1.73. The molecular weight excluding hydrogens is 672 g/mol. The molecule has 0 radical (unpaired) electrons. The summed E-state index contributed by atoms with van der Waals surface area (Å²) in [5.41, 5.74) is 1.66. The molecule has 0 spiro atoms. The summed E-state index contributed by atoms with van der Waals surface area (Å²) in [6.07, 6.45) is -2.18. The van der Waals surface area contributed by atoms with Gasteiger partial charge in [0.25, 0.3) is 0 Å². The molecule has 1 saturated heterocycles. The van der Waals surface area contributed by atoms with Crippen LogP contribution in [0.5, 0.6) is 11.5 Å². The van der Waals surface area contributed by atoms with E-state index in [1.807, 2.05) is 0 Å². The number of amides is 1. The Labute approximate surface area is 292 Å². The van der Waals surface area contributed by atoms with Crippen LogP contribution in [0.25, 0.3) is 0 Å². The van der Waals surface area contributed by atoms with Crippen LogP contribution in [-0.4, -0.2) is 106 Å². The number of ether oxygens (including phenoxy) is 4. The number of nitrogens with two attached hydrogens (primary N) is 1. The van der Waals surface area contributed by atoms with E-state index >= 15 is 0 Å². The number of hydrogen-bond donors (Lipinski definition) is 6. The van der Waals surface area contributed by atoms with Crippen molar-refractivity contribution in [3.63, 3.8) is 0 Å². The monoisotopic (exact) mass is 714 g/mol. The zero-order valence-electron chi connectivity index (χ0n) is 28.4. The van der Waals surface area contributed by atoms with Gasteiger partial charge in [-0.25, -0.2) is 0 Å². The molecule has 4 unspecified atom stereocenters. The van der Waals surface area contributed by atoms with Crippen molar-refractivity contribution in [2.24, 2.45) is 5.73 Å². The van der Waals surface area contributed by atoms with Crippen LogP contribution < -0.4 is 11.1 Å². The van der Waals surface area contributed by atoms with Crippen molar-refractivity contribution in [2.75, 3.05) is 20.3 Å². The number of rotatable bonds is 11. The van der Waals surface area contributed by atoms with E-state index in [0.29, 0.717) is 0 Å². The lowest BCUT2D eigenvalue weighted by Crippen LogP contribution is -2.53. The summed E-state index contributed by atoms with van der Waals surface area (Å²) < 4.78 is 22.2. The third-order valence-electron chi connectivity index (χ3n) is 8.97. The van der Waals surface area contributed by atoms with Crippen LogP contribution in [0.2, 0.25) is 0 Å². The maximum atomic E-state index is 13.8. The van der Waals surface area contributed by atoms with Crippen molar-refractivity contribution < 1.29 is 68.1 Å². The molecule has 0 saturated carbocycles. The topological polar surface area (TPSA) is 258 Å². The van der Waals surface area contributed by atoms with Gasteiger partial charge in [-0.05, 0) is 19.9 Å². The first-order valence-electron chi connectivity index (χ1n) is 16.2. The summed E-state index contributed by atoms with van der Waals surface area (Å²) in [6.45, 7) is 4.98. The van der Waals surface area contributed by atoms with Crippen LogP contribution in [0.4, 0.5) is 0 Å². The Morgan fingerprint density at radius 2 is 1.84 bits per heavy atom. The minimum atomic E-state index is -2.44. The van der Waals surface area contributed by atoms with E-state index in [0.717, 1.165) is 0 Å². The van der Waals surface area contributed by atoms with E-state index < -0.39 is 114 Å². The van der Waals surface area contributed by atoms with Crippen LogP contribution in [0.1, 0.15) is 83.9 Å². The van der Waals surface area contributed by atoms with E-state index in [1.165, 1.54) is 39.2 Å². The van der Waals surface area contributed by atoms with E-state index in [-0.39, 0.29) is 53.9 Å². The van der Waals surface area contributed by atoms with Crippen LogP contribution >= 0.6 is 0 Å². The van der Waals surface area contributed by atoms with Crippen molar-refractivity contribution in [3.05, 3.63) is 58.4 Å². The summed E-state index contributed by atoms with van der Waals surface area (Å²) in [5, 5.41) is 47.8. The summed E-state index contributed by atoms with van der Waals surface area (Å²) in [4.78, 5) is 76.1. The third-order valence-corrected chi connectivity index (χ3v) is 8.97. The lowest BCUT2D eigenvalue weighted by molar-refractivity contribution is -0.247. The molecule has 3 aliphatic rings. The summed E-state index contributed by atoms with van der Waals surface area (Å²) in [6, 6.07) is -0.815. The molecule has 1 fully saturated rings. The summed E-state index contributed by atoms with van der Waals surface area (Å²) >= 11 is 0. The minimum absolute atomic E-state index is 0.0169. The minimum Gasteiger partial charge on any atom is -0.507 e. The molecule has 0 aromatic heterocycles. The predicted octanol–water partition coefficient (Wildman–Crippen LogP) is 0.665. The zero-order chi connectivity index (χ0) is 37.8. The summed E-state index contributed by atoms with van der Waals surface area (Å²) in [7, 11) is 1.29. The number of carbonyl (C=O) groups is 6. The molecule has 276 valence electrons. The van der Waals surface area contributed by atoms with Crippen LogP contribution in [0, 0.1) is 0 Å². The number of aliphatic hydroxyl groups is 2. The molecule has 6 atom stereocenters. The molecule has 1 aliphatic heterocycles. The number of aliphatic hydroxyl groups excluding tert-OH is 1. The quantitative estimate of drug-likeness (QED) is 0.105. The first kappa shape index (κ1) is 39.1. The van der Waals surface area contributed by atoms with Crippen LogP contribution in [-0.2, 0) is 44.5 Å². The highest BCUT2D eigenvalue weighted by atomic mass is 16.7. The second kappa shape index (κ2) is 16.1. The number of ketones is 4. The number of nitrogens with one attached hydrogen (secondary N) is 1. The maximum Gasteiger partial charge on any atom is 0.325 e. The lowest BCUT2D eigenvalue weighted by atomic mass is 9.73. The molecular formula is C35H42N2O14. The van der Waals surface area contributed by atoms with Gasteiger partial charge in [0.2, 0.25) is 17.5 Å². The van der Waals surface area contributed by atoms with Gasteiger partial charge in [0.15, 0.2) is 18.7 Å². The Bertz CT molecular complexity index is 1680. The number of hydrogen-bond acceptors (Lipinski definition) is 15. The Hall–Kier alpha value is -4.74. The molecule has 16 nitrogen and oxygen atoms in total. The smallest absolute Gasteiger partial charge is 0.325 e. The van der Waals surface area contributed by atoms with Gasteiger partial charge in [-0.15, -0.1) is 0 Å². The first-order valence-corrected chi connectivity index (χ1v) is 16.2. The van der Waals surface area contributed by atoms with E-state index in [1.54, 1.807) is 0 Å². The SMILES string of the molecule is C=C1C(=O)c2c(O)c3c(c(O)c2C(=O)C/C=C\C=C1OC)C[C@@](O)(C(=O)COC(=O)CNC(=O)CCC(C)=O)C[C@@H]3OC1CC(N)C(O)C(C)O1. The molecule has 1 heterocycles. The van der Waals surface area contributed by atoms with E-state index in [9.17, 15) is 49.2 Å². The average molecular weight is 715 g/mol. The molecule has 16 heteroatoms. The molecule has 4 rings (SSSR count). The molecule has 0 bridgehead atoms. The van der Waals surface area contributed by atoms with Gasteiger partial charge in [0, 0.05) is 55.7 Å². The fourth-order valence-corrected chi connectivity index (χ4v) is 6.14. The number of phenols is 2. The van der Waals surface area contributed by atoms with Gasteiger partial charge >= 0.3 is 5.97 Å². The van der Waals surface area contributed by atoms with Crippen molar-refractivity contribution in [1.82, 2.24) is 5.32 Å². The standard InChI is InChI=1S/C35H42N2O14/c1-16(38)9-10-25(41)37-14-26(42)49-15-24(40)35(47)12-19-28(23(13-35)51-27-11-20(36)32(44)18(3)50-27)34(46)30-29(33(19)45)21(39)7-5-6-8-22(48-4)17(2)31(30)43/h5-6,8,18,20,23,27,32,44-47H,2,7,9-15,36H2,1,3-4H3,(H,37,41)/b6-5-,22-8?/t18?,20?,23-,27?,32?,35-/m0/s1. The van der Waals surface area contributed by atoms with E-state index in [2.05, 4.69) is 11.9 Å². The molecule has 7 N–H and O–H groups in total. The molecule has 1 aromatic carbocycles. The maximum absolute atomic E-state index is 13.8. The number of phenolic OH excluding ortho intramolecular Hbond substituents is 2. The molecule has 1 aromatic rings. The van der Waals surface area contributed by atoms with Gasteiger partial charge in [0.05, 0.1) is 42.1 Å². The van der Waals surface area contributed by atoms with E-state index in [4.69, 9.17) is 24.7 Å². The normalized spacial score (nSPS) is 27.0. The third kappa shape index (κ3) is 8.60. The Kier molecular flexibility index (Phi) is 12.3. The number of carbonyl (C=O) groups excluding carboxylic acids is 6. The first-order chi connectivity index (χ1) is 24.0. The fraction of sp³-hybridized carbons (Fsp3) is 0.486. The van der Waals surface area contributed by atoms with Crippen molar-refractivity contribution in [3.8, 4) is 11.5 Å². The van der Waals surface area contributed by atoms with Crippen molar-refractivity contribution >= 4 is 35.0 Å². The fourth-order valence-electron chi connectivity index (χ4n) is 6.14. The number of allylic oxidation sites excluding steroid dienone is 4. The summed E-state index contributed by atoms with van der Waals surface area (Å²) in [5.74, 6) is -6.22. The van der Waals surface area contributed by atoms with Crippen molar-refractivity contribution in [2.45, 2.75) is 88.6 Å². The van der Waals surface area contributed by atoms with Gasteiger partial charge in [-0.2, -0.15) is 0 Å². The molecule has 2 aliphatic carbocycles. The Morgan fingerprint density at radius 1 is 1.14 bits per heavy atom. The van der Waals surface area contributed by atoms with Crippen LogP contribution in [0.3, 0.4) is 0 Å². The number of methoxy groups -OCH3 is 1. The number of benzene rings is 1. The number of esters is 1. The number of aromatic hydroxyl groups is 2. The van der Waals surface area contributed by atoms with Gasteiger partial charge in [-0.3, -0.25) is 24.0 Å². The second-order valence-corrected chi connectivity index (χ2v) is 12.7. The largest absolute Gasteiger partial charge is 0.507 e. The number of Topliss-reactive ketones (excluding diaryl/α,β-unsaturated/α-hetero) is 4. The van der Waals surface area contributed by atoms with Gasteiger partial charge in [0.1, 0.15) is 35.2 Å². The zero-order valence-corrected chi connectivity index (χ0v) is 28.4. The van der Waals surface area contributed by atoms with Gasteiger partial charge in [-0.1, -0.05) is 18.7 Å².